The predicted molar refractivity (Wildman–Crippen MR) is 83.6 cm³/mol. The van der Waals surface area contributed by atoms with Gasteiger partial charge in [-0.3, -0.25) is 4.90 Å². The smallest absolute Gasteiger partial charge is 0.231 e. The normalized spacial score (nSPS) is 34.4. The van der Waals surface area contributed by atoms with Crippen LogP contribution in [0.25, 0.3) is 0 Å². The van der Waals surface area contributed by atoms with Crippen LogP contribution in [-0.2, 0) is 11.2 Å². The zero-order valence-electron chi connectivity index (χ0n) is 13.2. The van der Waals surface area contributed by atoms with E-state index in [-0.39, 0.29) is 18.2 Å². The molecule has 1 fully saturated rings. The second-order valence-corrected chi connectivity index (χ2v) is 6.91. The van der Waals surface area contributed by atoms with Gasteiger partial charge in [0.05, 0.1) is 12.6 Å². The Labute approximate surface area is 135 Å². The fourth-order valence-corrected chi connectivity index (χ4v) is 4.99. The highest BCUT2D eigenvalue weighted by molar-refractivity contribution is 5.54. The van der Waals surface area contributed by atoms with Crippen LogP contribution in [0, 0.1) is 0 Å². The number of hydrogen-bond acceptors (Lipinski definition) is 5. The Morgan fingerprint density at radius 1 is 1.26 bits per heavy atom. The number of fused-ring (bicyclic) bond motifs is 3. The highest BCUT2D eigenvalue weighted by Gasteiger charge is 2.56. The van der Waals surface area contributed by atoms with E-state index in [0.29, 0.717) is 5.76 Å². The number of ether oxygens (including phenoxy) is 3. The molecule has 0 unspecified atom stereocenters. The third-order valence-electron chi connectivity index (χ3n) is 5.99. The highest BCUT2D eigenvalue weighted by atomic mass is 16.7. The van der Waals surface area contributed by atoms with Gasteiger partial charge in [-0.1, -0.05) is 0 Å². The highest BCUT2D eigenvalue weighted by Crippen LogP contribution is 2.54. The van der Waals surface area contributed by atoms with Gasteiger partial charge < -0.3 is 19.3 Å². The van der Waals surface area contributed by atoms with E-state index in [1.165, 1.54) is 11.1 Å². The predicted octanol–water partition coefficient (Wildman–Crippen LogP) is 1.79. The van der Waals surface area contributed by atoms with Crippen molar-refractivity contribution in [3.63, 3.8) is 0 Å². The quantitative estimate of drug-likeness (QED) is 0.856. The van der Waals surface area contributed by atoms with Crippen molar-refractivity contribution in [3.8, 4) is 11.5 Å². The summed E-state index contributed by atoms with van der Waals surface area (Å²) in [6, 6.07) is 4.19. The van der Waals surface area contributed by atoms with Gasteiger partial charge in [-0.25, -0.2) is 0 Å². The first-order valence-corrected chi connectivity index (χ1v) is 8.35. The van der Waals surface area contributed by atoms with E-state index in [0.717, 1.165) is 43.9 Å². The van der Waals surface area contributed by atoms with E-state index in [4.69, 9.17) is 14.2 Å². The molecule has 0 aromatic heterocycles. The first-order valence-electron chi connectivity index (χ1n) is 8.35. The number of aliphatic hydroxyl groups excluding tert-OH is 1. The van der Waals surface area contributed by atoms with E-state index in [2.05, 4.69) is 23.1 Å². The monoisotopic (exact) mass is 315 g/mol. The largest absolute Gasteiger partial charge is 0.499 e. The maximum atomic E-state index is 11.0. The summed E-state index contributed by atoms with van der Waals surface area (Å²) in [7, 11) is 1.65. The topological polar surface area (TPSA) is 51.2 Å². The SMILES string of the molecule is COC1=C[C@]23CCCN2CCc2cc4c(cc2[C@@H]3[C@H]1O)OCO4. The van der Waals surface area contributed by atoms with Crippen LogP contribution in [0.15, 0.2) is 24.0 Å². The van der Waals surface area contributed by atoms with Crippen LogP contribution < -0.4 is 9.47 Å². The standard InChI is InChI=1S/C18H21NO4/c1-21-15-9-18-4-2-5-19(18)6-3-11-7-13-14(23-10-22-13)8-12(11)16(18)17(15)20/h7-9,16-17,20H,2-6,10H2,1H3/t16-,17+,18+/m1/s1. The molecule has 1 spiro atoms. The number of rotatable bonds is 1. The van der Waals surface area contributed by atoms with Crippen molar-refractivity contribution in [3.05, 3.63) is 35.1 Å². The molecular formula is C18H21NO4. The molecule has 1 aromatic rings. The van der Waals surface area contributed by atoms with Crippen molar-refractivity contribution in [2.75, 3.05) is 27.0 Å². The van der Waals surface area contributed by atoms with Crippen molar-refractivity contribution >= 4 is 0 Å². The molecule has 1 aliphatic carbocycles. The maximum Gasteiger partial charge on any atom is 0.231 e. The second kappa shape index (κ2) is 4.65. The van der Waals surface area contributed by atoms with Gasteiger partial charge in [0, 0.05) is 12.5 Å². The Hall–Kier alpha value is -1.72. The molecule has 5 heteroatoms. The Morgan fingerprint density at radius 3 is 2.91 bits per heavy atom. The average molecular weight is 315 g/mol. The first kappa shape index (κ1) is 13.7. The summed E-state index contributed by atoms with van der Waals surface area (Å²) in [4.78, 5) is 2.53. The summed E-state index contributed by atoms with van der Waals surface area (Å²) < 4.78 is 16.6. The number of aliphatic hydroxyl groups is 1. The third kappa shape index (κ3) is 1.69. The van der Waals surface area contributed by atoms with Crippen LogP contribution in [0.2, 0.25) is 0 Å². The van der Waals surface area contributed by atoms with E-state index < -0.39 is 6.10 Å². The molecule has 3 atom stereocenters. The van der Waals surface area contributed by atoms with E-state index in [1.54, 1.807) is 7.11 Å². The molecule has 5 rings (SSSR count). The number of nitrogens with zero attached hydrogens (tertiary/aromatic N) is 1. The molecule has 1 N–H and O–H groups in total. The van der Waals surface area contributed by atoms with E-state index in [1.807, 2.05) is 0 Å². The lowest BCUT2D eigenvalue weighted by Gasteiger charge is -2.38. The van der Waals surface area contributed by atoms with E-state index in [9.17, 15) is 5.11 Å². The lowest BCUT2D eigenvalue weighted by Crippen LogP contribution is -2.46. The van der Waals surface area contributed by atoms with Crippen molar-refractivity contribution in [1.29, 1.82) is 0 Å². The number of benzene rings is 1. The molecule has 3 heterocycles. The summed E-state index contributed by atoms with van der Waals surface area (Å²) in [5, 5.41) is 11.0. The Kier molecular flexibility index (Phi) is 2.77. The molecule has 1 aromatic carbocycles. The molecular weight excluding hydrogens is 294 g/mol. The minimum atomic E-state index is -0.599. The van der Waals surface area contributed by atoms with Gasteiger partial charge >= 0.3 is 0 Å². The molecule has 122 valence electrons. The molecule has 3 aliphatic heterocycles. The Morgan fingerprint density at radius 2 is 2.09 bits per heavy atom. The molecule has 0 saturated carbocycles. The van der Waals surface area contributed by atoms with Crippen LogP contribution in [0.5, 0.6) is 11.5 Å². The minimum Gasteiger partial charge on any atom is -0.499 e. The summed E-state index contributed by atoms with van der Waals surface area (Å²) in [6.07, 6.45) is 4.78. The van der Waals surface area contributed by atoms with Crippen LogP contribution in [0.3, 0.4) is 0 Å². The van der Waals surface area contributed by atoms with Gasteiger partial charge in [-0.2, -0.15) is 0 Å². The summed E-state index contributed by atoms with van der Waals surface area (Å²) >= 11 is 0. The number of methoxy groups -OCH3 is 1. The molecule has 1 saturated heterocycles. The zero-order valence-corrected chi connectivity index (χ0v) is 13.2. The van der Waals surface area contributed by atoms with Gasteiger partial charge in [0.25, 0.3) is 0 Å². The first-order chi connectivity index (χ1) is 11.2. The molecule has 0 radical (unpaired) electrons. The molecule has 0 amide bonds. The maximum absolute atomic E-state index is 11.0. The van der Waals surface area contributed by atoms with Gasteiger partial charge in [0.2, 0.25) is 6.79 Å². The minimum absolute atomic E-state index is 0.00644. The average Bonchev–Trinajstić information content (AvgIpc) is 3.21. The fourth-order valence-electron chi connectivity index (χ4n) is 4.99. The fraction of sp³-hybridized carbons (Fsp3) is 0.556. The van der Waals surface area contributed by atoms with Crippen molar-refractivity contribution in [2.45, 2.75) is 36.8 Å². The lowest BCUT2D eigenvalue weighted by molar-refractivity contribution is 0.0782. The van der Waals surface area contributed by atoms with Crippen molar-refractivity contribution < 1.29 is 19.3 Å². The van der Waals surface area contributed by atoms with E-state index >= 15 is 0 Å². The third-order valence-corrected chi connectivity index (χ3v) is 5.99. The summed E-state index contributed by atoms with van der Waals surface area (Å²) in [5.74, 6) is 2.33. The second-order valence-electron chi connectivity index (χ2n) is 6.91. The summed E-state index contributed by atoms with van der Waals surface area (Å²) in [5.41, 5.74) is 2.33. The van der Waals surface area contributed by atoms with Crippen LogP contribution in [0.1, 0.15) is 29.9 Å². The van der Waals surface area contributed by atoms with Crippen LogP contribution in [0.4, 0.5) is 0 Å². The van der Waals surface area contributed by atoms with Crippen LogP contribution >= 0.6 is 0 Å². The van der Waals surface area contributed by atoms with Gasteiger partial charge in [-0.05, 0) is 55.1 Å². The zero-order chi connectivity index (χ0) is 15.6. The van der Waals surface area contributed by atoms with Crippen molar-refractivity contribution in [1.82, 2.24) is 4.90 Å². The van der Waals surface area contributed by atoms with Gasteiger partial charge in [-0.15, -0.1) is 0 Å². The molecule has 0 bridgehead atoms. The molecule has 4 aliphatic rings. The van der Waals surface area contributed by atoms with Crippen molar-refractivity contribution in [2.24, 2.45) is 0 Å². The van der Waals surface area contributed by atoms with Gasteiger partial charge in [0.15, 0.2) is 11.5 Å². The molecule has 23 heavy (non-hydrogen) atoms. The summed E-state index contributed by atoms with van der Waals surface area (Å²) in [6.45, 7) is 2.37. The van der Waals surface area contributed by atoms with Crippen LogP contribution in [-0.4, -0.2) is 48.6 Å². The lowest BCUT2D eigenvalue weighted by atomic mass is 9.78. The van der Waals surface area contributed by atoms with Gasteiger partial charge in [0.1, 0.15) is 11.9 Å². The number of hydrogen-bond donors (Lipinski definition) is 1. The Bertz CT molecular complexity index is 701. The Balaban J connectivity index is 1.70. The molecule has 5 nitrogen and oxygen atoms in total.